The van der Waals surface area contributed by atoms with E-state index in [4.69, 9.17) is 11.6 Å². The second-order valence-electron chi connectivity index (χ2n) is 6.02. The molecule has 1 amide bonds. The number of carbonyl (C=O) groups excluding carboxylic acids is 1. The number of nitrogens with one attached hydrogen (secondary N) is 1. The molecule has 0 atom stereocenters. The van der Waals surface area contributed by atoms with Gasteiger partial charge in [-0.05, 0) is 42.3 Å². The van der Waals surface area contributed by atoms with E-state index in [1.165, 1.54) is 17.8 Å². The summed E-state index contributed by atoms with van der Waals surface area (Å²) in [5.74, 6) is 1.20. The summed E-state index contributed by atoms with van der Waals surface area (Å²) < 4.78 is 15.7. The van der Waals surface area contributed by atoms with Gasteiger partial charge in [0.25, 0.3) is 0 Å². The summed E-state index contributed by atoms with van der Waals surface area (Å²) in [5, 5.41) is 3.25. The molecule has 4 nitrogen and oxygen atoms in total. The summed E-state index contributed by atoms with van der Waals surface area (Å²) in [7, 11) is 0. The Kier molecular flexibility index (Phi) is 6.53. The van der Waals surface area contributed by atoms with Crippen LogP contribution in [-0.2, 0) is 17.1 Å². The van der Waals surface area contributed by atoms with Gasteiger partial charge in [0, 0.05) is 35.4 Å². The Morgan fingerprint density at radius 2 is 2.04 bits per heavy atom. The first-order valence-electron chi connectivity index (χ1n) is 8.40. The fourth-order valence-electron chi connectivity index (χ4n) is 2.57. The molecule has 0 spiro atoms. The number of aryl methyl sites for hydroxylation is 1. The SMILES string of the molecule is Cc1nccn1-c1ccc(CNC(=O)CSCc2ccc(Cl)cc2F)cc1. The smallest absolute Gasteiger partial charge is 0.230 e. The molecule has 0 aliphatic carbocycles. The van der Waals surface area contributed by atoms with E-state index in [2.05, 4.69) is 10.3 Å². The number of hydrogen-bond acceptors (Lipinski definition) is 3. The highest BCUT2D eigenvalue weighted by atomic mass is 35.5. The summed E-state index contributed by atoms with van der Waals surface area (Å²) >= 11 is 7.10. The lowest BCUT2D eigenvalue weighted by Crippen LogP contribution is -2.24. The van der Waals surface area contributed by atoms with Crippen LogP contribution in [0.5, 0.6) is 0 Å². The van der Waals surface area contributed by atoms with Gasteiger partial charge in [-0.15, -0.1) is 11.8 Å². The molecule has 1 heterocycles. The zero-order valence-corrected chi connectivity index (χ0v) is 16.4. The number of halogens is 2. The van der Waals surface area contributed by atoms with Gasteiger partial charge in [-0.1, -0.05) is 29.8 Å². The summed E-state index contributed by atoms with van der Waals surface area (Å²) in [4.78, 5) is 16.2. The molecule has 140 valence electrons. The maximum atomic E-state index is 13.7. The molecule has 0 saturated carbocycles. The Hall–Kier alpha value is -2.31. The number of aromatic nitrogens is 2. The van der Waals surface area contributed by atoms with Gasteiger partial charge in [0.2, 0.25) is 5.91 Å². The predicted octanol–water partition coefficient (Wildman–Crippen LogP) is 4.52. The van der Waals surface area contributed by atoms with E-state index in [1.807, 2.05) is 42.0 Å². The number of imidazole rings is 1. The molecule has 7 heteroatoms. The highest BCUT2D eigenvalue weighted by Gasteiger charge is 2.06. The van der Waals surface area contributed by atoms with E-state index in [-0.39, 0.29) is 17.5 Å². The highest BCUT2D eigenvalue weighted by molar-refractivity contribution is 7.99. The number of nitrogens with zero attached hydrogens (tertiary/aromatic N) is 2. The van der Waals surface area contributed by atoms with Crippen LogP contribution in [0.25, 0.3) is 5.69 Å². The van der Waals surface area contributed by atoms with E-state index < -0.39 is 0 Å². The standard InChI is InChI=1S/C20H19ClFN3OS/c1-14-23-8-9-25(14)18-6-2-15(3-7-18)11-24-20(26)13-27-12-16-4-5-17(21)10-19(16)22/h2-10H,11-13H2,1H3,(H,24,26). The lowest BCUT2D eigenvalue weighted by Gasteiger charge is -2.08. The Balaban J connectivity index is 1.44. The minimum absolute atomic E-state index is 0.0797. The topological polar surface area (TPSA) is 46.9 Å². The lowest BCUT2D eigenvalue weighted by atomic mass is 10.2. The van der Waals surface area contributed by atoms with Crippen LogP contribution in [0.1, 0.15) is 17.0 Å². The predicted molar refractivity (Wildman–Crippen MR) is 108 cm³/mol. The average molecular weight is 404 g/mol. The molecule has 3 rings (SSSR count). The average Bonchev–Trinajstić information content (AvgIpc) is 3.08. The molecule has 0 aliphatic heterocycles. The molecule has 0 bridgehead atoms. The minimum Gasteiger partial charge on any atom is -0.351 e. The van der Waals surface area contributed by atoms with E-state index >= 15 is 0 Å². The zero-order chi connectivity index (χ0) is 19.2. The molecule has 2 aromatic carbocycles. The van der Waals surface area contributed by atoms with E-state index in [1.54, 1.807) is 18.3 Å². The highest BCUT2D eigenvalue weighted by Crippen LogP contribution is 2.19. The molecule has 0 unspecified atom stereocenters. The van der Waals surface area contributed by atoms with Gasteiger partial charge < -0.3 is 9.88 Å². The number of rotatable bonds is 7. The zero-order valence-electron chi connectivity index (χ0n) is 14.8. The Bertz CT molecular complexity index is 927. The van der Waals surface area contributed by atoms with Crippen molar-refractivity contribution in [2.45, 2.75) is 19.2 Å². The summed E-state index contributed by atoms with van der Waals surface area (Å²) in [6.45, 7) is 2.40. The first-order valence-corrected chi connectivity index (χ1v) is 9.94. The van der Waals surface area contributed by atoms with E-state index in [0.717, 1.165) is 17.1 Å². The van der Waals surface area contributed by atoms with Crippen molar-refractivity contribution in [3.8, 4) is 5.69 Å². The fraction of sp³-hybridized carbons (Fsp3) is 0.200. The van der Waals surface area contributed by atoms with Gasteiger partial charge in [0.1, 0.15) is 11.6 Å². The van der Waals surface area contributed by atoms with E-state index in [9.17, 15) is 9.18 Å². The molecule has 0 fully saturated rings. The first kappa shape index (κ1) is 19.5. The molecule has 3 aromatic rings. The molecule has 0 radical (unpaired) electrons. The molecule has 1 aromatic heterocycles. The number of benzene rings is 2. The third-order valence-corrected chi connectivity index (χ3v) is 5.25. The molecule has 0 saturated heterocycles. The number of hydrogen-bond donors (Lipinski definition) is 1. The Labute approximate surface area is 166 Å². The first-order chi connectivity index (χ1) is 13.0. The van der Waals surface area contributed by atoms with Gasteiger partial charge >= 0.3 is 0 Å². The van der Waals surface area contributed by atoms with Crippen molar-refractivity contribution >= 4 is 29.3 Å². The van der Waals surface area contributed by atoms with Crippen LogP contribution in [-0.4, -0.2) is 21.2 Å². The normalized spacial score (nSPS) is 10.8. The second-order valence-corrected chi connectivity index (χ2v) is 7.44. The van der Waals surface area contributed by atoms with Crippen molar-refractivity contribution in [3.63, 3.8) is 0 Å². The lowest BCUT2D eigenvalue weighted by molar-refractivity contribution is -0.118. The van der Waals surface area contributed by atoms with Crippen molar-refractivity contribution in [1.29, 1.82) is 0 Å². The van der Waals surface area contributed by atoms with E-state index in [0.29, 0.717) is 22.9 Å². The van der Waals surface area contributed by atoms with Crippen molar-refractivity contribution in [3.05, 3.63) is 82.6 Å². The van der Waals surface area contributed by atoms with Crippen molar-refractivity contribution in [2.24, 2.45) is 0 Å². The minimum atomic E-state index is -0.344. The second kappa shape index (κ2) is 9.06. The maximum absolute atomic E-state index is 13.7. The van der Waals surface area contributed by atoms with Gasteiger partial charge in [0.05, 0.1) is 5.75 Å². The van der Waals surface area contributed by atoms with Crippen LogP contribution in [0.2, 0.25) is 5.02 Å². The summed E-state index contributed by atoms with van der Waals surface area (Å²) in [6.07, 6.45) is 3.67. The number of carbonyl (C=O) groups is 1. The molecular weight excluding hydrogens is 385 g/mol. The number of thioether (sulfide) groups is 1. The van der Waals surface area contributed by atoms with Gasteiger partial charge in [-0.3, -0.25) is 4.79 Å². The third-order valence-electron chi connectivity index (χ3n) is 4.04. The van der Waals surface area contributed by atoms with Crippen molar-refractivity contribution in [2.75, 3.05) is 5.75 Å². The van der Waals surface area contributed by atoms with Crippen LogP contribution in [0.15, 0.2) is 54.9 Å². The number of amides is 1. The monoisotopic (exact) mass is 403 g/mol. The van der Waals surface area contributed by atoms with Gasteiger partial charge in [0.15, 0.2) is 0 Å². The van der Waals surface area contributed by atoms with Gasteiger partial charge in [-0.2, -0.15) is 0 Å². The van der Waals surface area contributed by atoms with Crippen LogP contribution < -0.4 is 5.32 Å². The van der Waals surface area contributed by atoms with Crippen molar-refractivity contribution in [1.82, 2.24) is 14.9 Å². The van der Waals surface area contributed by atoms with Crippen LogP contribution in [0.3, 0.4) is 0 Å². The van der Waals surface area contributed by atoms with Crippen LogP contribution in [0, 0.1) is 12.7 Å². The molecule has 1 N–H and O–H groups in total. The summed E-state index contributed by atoms with van der Waals surface area (Å²) in [6, 6.07) is 12.5. The maximum Gasteiger partial charge on any atom is 0.230 e. The van der Waals surface area contributed by atoms with Crippen molar-refractivity contribution < 1.29 is 9.18 Å². The quantitative estimate of drug-likeness (QED) is 0.630. The summed E-state index contributed by atoms with van der Waals surface area (Å²) in [5.41, 5.74) is 2.59. The Morgan fingerprint density at radius 1 is 1.26 bits per heavy atom. The van der Waals surface area contributed by atoms with Gasteiger partial charge in [-0.25, -0.2) is 9.37 Å². The Morgan fingerprint density at radius 3 is 2.70 bits per heavy atom. The van der Waals surface area contributed by atoms with Crippen LogP contribution in [0.4, 0.5) is 4.39 Å². The fourth-order valence-corrected chi connectivity index (χ4v) is 3.57. The van der Waals surface area contributed by atoms with Crippen LogP contribution >= 0.6 is 23.4 Å². The largest absolute Gasteiger partial charge is 0.351 e. The molecular formula is C20H19ClFN3OS. The third kappa shape index (κ3) is 5.34. The molecule has 27 heavy (non-hydrogen) atoms. The molecule has 0 aliphatic rings.